The number of hydrogen-bond acceptors (Lipinski definition) is 6. The summed E-state index contributed by atoms with van der Waals surface area (Å²) >= 11 is 0. The summed E-state index contributed by atoms with van der Waals surface area (Å²) in [6.07, 6.45) is 32.3. The Hall–Kier alpha value is -1.59. The van der Waals surface area contributed by atoms with Gasteiger partial charge in [0.25, 0.3) is 0 Å². The molecular weight excluding hydrogens is 612 g/mol. The third-order valence-corrected chi connectivity index (χ3v) is 9.83. The van der Waals surface area contributed by atoms with Crippen LogP contribution in [-0.4, -0.2) is 37.2 Å². The molecule has 0 amide bonds. The van der Waals surface area contributed by atoms with E-state index >= 15 is 0 Å². The lowest BCUT2D eigenvalue weighted by atomic mass is 9.99. The zero-order valence-electron chi connectivity index (χ0n) is 33.3. The smallest absolute Gasteiger partial charge is 0.306 e. The van der Waals surface area contributed by atoms with Crippen molar-refractivity contribution < 1.29 is 28.6 Å². The first kappa shape index (κ1) is 47.4. The molecule has 0 aromatic rings. The van der Waals surface area contributed by atoms with E-state index in [4.69, 9.17) is 14.2 Å². The lowest BCUT2D eigenvalue weighted by Gasteiger charge is -2.18. The van der Waals surface area contributed by atoms with E-state index in [-0.39, 0.29) is 31.1 Å². The first-order valence-corrected chi connectivity index (χ1v) is 21.3. The Morgan fingerprint density at radius 2 is 0.776 bits per heavy atom. The van der Waals surface area contributed by atoms with Crippen LogP contribution in [0.4, 0.5) is 0 Å². The summed E-state index contributed by atoms with van der Waals surface area (Å²) in [6, 6.07) is 0. The predicted molar refractivity (Wildman–Crippen MR) is 206 cm³/mol. The summed E-state index contributed by atoms with van der Waals surface area (Å²) in [5, 5.41) is 0. The molecule has 0 radical (unpaired) electrons. The van der Waals surface area contributed by atoms with Crippen LogP contribution >= 0.6 is 0 Å². The van der Waals surface area contributed by atoms with Crippen molar-refractivity contribution in [2.75, 3.05) is 13.2 Å². The molecule has 6 nitrogen and oxygen atoms in total. The van der Waals surface area contributed by atoms with Gasteiger partial charge in [-0.1, -0.05) is 189 Å². The van der Waals surface area contributed by atoms with Crippen LogP contribution in [0, 0.1) is 11.8 Å². The summed E-state index contributed by atoms with van der Waals surface area (Å²) in [5.41, 5.74) is 0. The molecule has 0 aromatic carbocycles. The van der Waals surface area contributed by atoms with E-state index in [0.29, 0.717) is 19.3 Å². The van der Waals surface area contributed by atoms with Crippen molar-refractivity contribution in [2.45, 2.75) is 233 Å². The van der Waals surface area contributed by atoms with E-state index < -0.39 is 6.10 Å². The fraction of sp³-hybridized carbons (Fsp3) is 0.930. The molecule has 0 saturated heterocycles. The first-order valence-electron chi connectivity index (χ1n) is 21.3. The van der Waals surface area contributed by atoms with Crippen molar-refractivity contribution >= 4 is 17.9 Å². The fourth-order valence-electron chi connectivity index (χ4n) is 6.19. The maximum atomic E-state index is 12.7. The van der Waals surface area contributed by atoms with E-state index in [2.05, 4.69) is 34.6 Å². The number of ether oxygens (including phenoxy) is 3. The topological polar surface area (TPSA) is 78.9 Å². The van der Waals surface area contributed by atoms with E-state index in [1.165, 1.54) is 116 Å². The van der Waals surface area contributed by atoms with Gasteiger partial charge in [-0.15, -0.1) is 0 Å². The summed E-state index contributed by atoms with van der Waals surface area (Å²) < 4.78 is 16.6. The van der Waals surface area contributed by atoms with Gasteiger partial charge in [-0.3, -0.25) is 14.4 Å². The van der Waals surface area contributed by atoms with Crippen molar-refractivity contribution in [3.05, 3.63) is 0 Å². The lowest BCUT2D eigenvalue weighted by molar-refractivity contribution is -0.167. The highest BCUT2D eigenvalue weighted by Gasteiger charge is 2.19. The lowest BCUT2D eigenvalue weighted by Crippen LogP contribution is -2.30. The fourth-order valence-corrected chi connectivity index (χ4v) is 6.19. The van der Waals surface area contributed by atoms with Crippen LogP contribution < -0.4 is 0 Å². The summed E-state index contributed by atoms with van der Waals surface area (Å²) in [7, 11) is 0. The number of esters is 3. The van der Waals surface area contributed by atoms with Crippen molar-refractivity contribution in [3.8, 4) is 0 Å². The minimum absolute atomic E-state index is 0.0663. The van der Waals surface area contributed by atoms with E-state index in [0.717, 1.165) is 69.6 Å². The van der Waals surface area contributed by atoms with Gasteiger partial charge in [0.2, 0.25) is 0 Å². The minimum atomic E-state index is -0.759. The number of carbonyl (C=O) groups excluding carboxylic acids is 3. The zero-order valence-corrected chi connectivity index (χ0v) is 33.3. The van der Waals surface area contributed by atoms with Crippen LogP contribution in [-0.2, 0) is 28.6 Å². The van der Waals surface area contributed by atoms with Crippen molar-refractivity contribution in [1.82, 2.24) is 0 Å². The minimum Gasteiger partial charge on any atom is -0.462 e. The molecule has 0 aliphatic rings. The van der Waals surface area contributed by atoms with Gasteiger partial charge in [0.15, 0.2) is 6.10 Å². The Morgan fingerprint density at radius 1 is 0.429 bits per heavy atom. The molecule has 0 aromatic heterocycles. The Balaban J connectivity index is 4.36. The van der Waals surface area contributed by atoms with Gasteiger partial charge < -0.3 is 14.2 Å². The molecular formula is C43H82O6. The number of rotatable bonds is 37. The second-order valence-electron chi connectivity index (χ2n) is 15.3. The van der Waals surface area contributed by atoms with Gasteiger partial charge in [-0.2, -0.15) is 0 Å². The first-order chi connectivity index (χ1) is 23.8. The Bertz CT molecular complexity index is 751. The van der Waals surface area contributed by atoms with Crippen molar-refractivity contribution in [2.24, 2.45) is 11.8 Å². The van der Waals surface area contributed by atoms with Crippen LogP contribution in [0.3, 0.4) is 0 Å². The maximum absolute atomic E-state index is 12.7. The Labute approximate surface area is 304 Å². The average Bonchev–Trinajstić information content (AvgIpc) is 3.08. The van der Waals surface area contributed by atoms with E-state index in [1.54, 1.807) is 0 Å². The highest BCUT2D eigenvalue weighted by molar-refractivity contribution is 5.71. The monoisotopic (exact) mass is 695 g/mol. The Morgan fingerprint density at radius 3 is 1.16 bits per heavy atom. The quantitative estimate of drug-likeness (QED) is 0.0366. The third kappa shape index (κ3) is 36.0. The van der Waals surface area contributed by atoms with Crippen molar-refractivity contribution in [1.29, 1.82) is 0 Å². The number of unbranched alkanes of at least 4 members (excludes halogenated alkanes) is 21. The summed E-state index contributed by atoms with van der Waals surface area (Å²) in [4.78, 5) is 37.5. The molecule has 49 heavy (non-hydrogen) atoms. The van der Waals surface area contributed by atoms with Gasteiger partial charge >= 0.3 is 17.9 Å². The summed E-state index contributed by atoms with van der Waals surface area (Å²) in [5.74, 6) is 0.758. The third-order valence-electron chi connectivity index (χ3n) is 9.83. The molecule has 0 fully saturated rings. The second-order valence-corrected chi connectivity index (χ2v) is 15.3. The molecule has 0 aliphatic heterocycles. The van der Waals surface area contributed by atoms with Gasteiger partial charge in [-0.25, -0.2) is 0 Å². The average molecular weight is 695 g/mol. The highest BCUT2D eigenvalue weighted by atomic mass is 16.6. The Kier molecular flexibility index (Phi) is 35.0. The van der Waals surface area contributed by atoms with Gasteiger partial charge in [0.05, 0.1) is 0 Å². The van der Waals surface area contributed by atoms with Crippen molar-refractivity contribution in [3.63, 3.8) is 0 Å². The predicted octanol–water partition coefficient (Wildman–Crippen LogP) is 13.0. The van der Waals surface area contributed by atoms with Crippen LogP contribution in [0.5, 0.6) is 0 Å². The molecule has 0 saturated carbocycles. The highest BCUT2D eigenvalue weighted by Crippen LogP contribution is 2.16. The molecule has 0 bridgehead atoms. The standard InChI is InChI=1S/C43H82O6/c1-6-8-9-10-11-12-18-23-28-33-41(44)47-36-40(37-48-42(45)34-29-24-20-15-16-21-26-31-38(3)4)49-43(46)35-30-25-19-14-13-17-22-27-32-39(5)7-2/h38-40H,6-37H2,1-5H3/t39?,40-/m0/s1. The molecule has 6 heteroatoms. The SMILES string of the molecule is CCCCCCCCCCCC(=O)OC[C@@H](COC(=O)CCCCCCCCCC(C)C)OC(=O)CCCCCCCCCCC(C)CC. The molecule has 0 spiro atoms. The molecule has 290 valence electrons. The van der Waals surface area contributed by atoms with Gasteiger partial charge in [0.1, 0.15) is 13.2 Å². The maximum Gasteiger partial charge on any atom is 0.306 e. The van der Waals surface area contributed by atoms with Crippen LogP contribution in [0.2, 0.25) is 0 Å². The van der Waals surface area contributed by atoms with Crippen LogP contribution in [0.25, 0.3) is 0 Å². The molecule has 1 unspecified atom stereocenters. The summed E-state index contributed by atoms with van der Waals surface area (Å²) in [6.45, 7) is 11.3. The second kappa shape index (κ2) is 36.2. The largest absolute Gasteiger partial charge is 0.462 e. The molecule has 2 atom stereocenters. The van der Waals surface area contributed by atoms with E-state index in [1.807, 2.05) is 0 Å². The normalized spacial score (nSPS) is 12.6. The zero-order chi connectivity index (χ0) is 36.2. The van der Waals surface area contributed by atoms with E-state index in [9.17, 15) is 14.4 Å². The molecule has 0 N–H and O–H groups in total. The van der Waals surface area contributed by atoms with Crippen LogP contribution in [0.1, 0.15) is 227 Å². The number of hydrogen-bond donors (Lipinski definition) is 0. The van der Waals surface area contributed by atoms with Gasteiger partial charge in [0, 0.05) is 19.3 Å². The molecule has 0 heterocycles. The molecule has 0 rings (SSSR count). The number of carbonyl (C=O) groups is 3. The van der Waals surface area contributed by atoms with Gasteiger partial charge in [-0.05, 0) is 31.1 Å². The molecule has 0 aliphatic carbocycles. The van der Waals surface area contributed by atoms with Crippen LogP contribution in [0.15, 0.2) is 0 Å².